The molecule has 1 aromatic heterocycles. The molecule has 1 fully saturated rings. The molecule has 5 nitrogen and oxygen atoms in total. The zero-order valence-electron chi connectivity index (χ0n) is 10.3. The summed E-state index contributed by atoms with van der Waals surface area (Å²) in [5.41, 5.74) is -0.203. The first-order valence-corrected chi connectivity index (χ1v) is 6.53. The molecule has 0 aliphatic heterocycles. The minimum absolute atomic E-state index is 0.0126. The average Bonchev–Trinajstić information content (AvgIpc) is 3.10. The van der Waals surface area contributed by atoms with E-state index in [2.05, 4.69) is 10.3 Å². The predicted molar refractivity (Wildman–Crippen MR) is 68.7 cm³/mol. The third kappa shape index (κ3) is 3.32. The standard InChI is InChI=1S/C12H16ClN3O2/c1-2-10-15-9(13)7-12(18)16(10)6-5-11(17)14-8-3-4-8/h7-8H,2-6H2,1H3,(H,14,17). The summed E-state index contributed by atoms with van der Waals surface area (Å²) in [5, 5.41) is 3.10. The zero-order valence-corrected chi connectivity index (χ0v) is 11.0. The summed E-state index contributed by atoms with van der Waals surface area (Å²) in [6, 6.07) is 1.63. The fourth-order valence-electron chi connectivity index (χ4n) is 1.77. The third-order valence-electron chi connectivity index (χ3n) is 2.88. The van der Waals surface area contributed by atoms with Crippen molar-refractivity contribution in [3.63, 3.8) is 0 Å². The molecule has 1 heterocycles. The largest absolute Gasteiger partial charge is 0.353 e. The number of aryl methyl sites for hydroxylation is 1. The molecular weight excluding hydrogens is 254 g/mol. The van der Waals surface area contributed by atoms with Crippen LogP contribution in [0.5, 0.6) is 0 Å². The second-order valence-corrected chi connectivity index (χ2v) is 4.82. The molecule has 2 rings (SSSR count). The van der Waals surface area contributed by atoms with Crippen molar-refractivity contribution in [1.29, 1.82) is 0 Å². The van der Waals surface area contributed by atoms with Crippen molar-refractivity contribution >= 4 is 17.5 Å². The Morgan fingerprint density at radius 3 is 2.94 bits per heavy atom. The van der Waals surface area contributed by atoms with Crippen molar-refractivity contribution in [2.75, 3.05) is 0 Å². The number of aromatic nitrogens is 2. The maximum atomic E-state index is 11.8. The lowest BCUT2D eigenvalue weighted by Crippen LogP contribution is -2.30. The molecule has 18 heavy (non-hydrogen) atoms. The van der Waals surface area contributed by atoms with Crippen LogP contribution in [0.15, 0.2) is 10.9 Å². The van der Waals surface area contributed by atoms with Crippen molar-refractivity contribution in [3.05, 3.63) is 27.4 Å². The van der Waals surface area contributed by atoms with E-state index in [0.717, 1.165) is 12.8 Å². The van der Waals surface area contributed by atoms with E-state index in [9.17, 15) is 9.59 Å². The Labute approximate surface area is 110 Å². The molecule has 0 radical (unpaired) electrons. The van der Waals surface area contributed by atoms with Gasteiger partial charge in [-0.2, -0.15) is 0 Å². The van der Waals surface area contributed by atoms with Crippen LogP contribution >= 0.6 is 11.6 Å². The van der Waals surface area contributed by atoms with Gasteiger partial charge in [0.25, 0.3) is 5.56 Å². The van der Waals surface area contributed by atoms with Gasteiger partial charge < -0.3 is 5.32 Å². The molecule has 6 heteroatoms. The molecule has 1 N–H and O–H groups in total. The van der Waals surface area contributed by atoms with Crippen LogP contribution < -0.4 is 10.9 Å². The molecule has 0 bridgehead atoms. The van der Waals surface area contributed by atoms with Gasteiger partial charge in [-0.3, -0.25) is 14.2 Å². The second kappa shape index (κ2) is 5.52. The summed E-state index contributed by atoms with van der Waals surface area (Å²) in [5.74, 6) is 0.605. The first kappa shape index (κ1) is 13.1. The van der Waals surface area contributed by atoms with Crippen LogP contribution in [0.25, 0.3) is 0 Å². The number of hydrogen-bond acceptors (Lipinski definition) is 3. The van der Waals surface area contributed by atoms with E-state index in [-0.39, 0.29) is 16.6 Å². The number of carbonyl (C=O) groups excluding carboxylic acids is 1. The lowest BCUT2D eigenvalue weighted by atomic mass is 10.3. The Balaban J connectivity index is 2.03. The van der Waals surface area contributed by atoms with Gasteiger partial charge in [-0.25, -0.2) is 4.98 Å². The molecular formula is C12H16ClN3O2. The van der Waals surface area contributed by atoms with Gasteiger partial charge in [-0.05, 0) is 12.8 Å². The molecule has 0 spiro atoms. The van der Waals surface area contributed by atoms with Crippen molar-refractivity contribution in [3.8, 4) is 0 Å². The van der Waals surface area contributed by atoms with Crippen molar-refractivity contribution in [2.45, 2.75) is 45.2 Å². The molecule has 1 saturated carbocycles. The van der Waals surface area contributed by atoms with Crippen molar-refractivity contribution < 1.29 is 4.79 Å². The molecule has 1 aliphatic carbocycles. The fraction of sp³-hybridized carbons (Fsp3) is 0.583. The van der Waals surface area contributed by atoms with E-state index in [1.807, 2.05) is 6.92 Å². The fourth-order valence-corrected chi connectivity index (χ4v) is 1.96. The Bertz CT molecular complexity index is 509. The Hall–Kier alpha value is -1.36. The molecule has 0 atom stereocenters. The SMILES string of the molecule is CCc1nc(Cl)cc(=O)n1CCC(=O)NC1CC1. The Kier molecular flexibility index (Phi) is 4.01. The van der Waals surface area contributed by atoms with Crippen molar-refractivity contribution in [1.82, 2.24) is 14.9 Å². The molecule has 0 aromatic carbocycles. The van der Waals surface area contributed by atoms with Crippen LogP contribution in [-0.2, 0) is 17.8 Å². The van der Waals surface area contributed by atoms with Gasteiger partial charge in [0.2, 0.25) is 5.91 Å². The zero-order chi connectivity index (χ0) is 13.1. The molecule has 1 amide bonds. The van der Waals surface area contributed by atoms with Crippen molar-refractivity contribution in [2.24, 2.45) is 0 Å². The lowest BCUT2D eigenvalue weighted by Gasteiger charge is -2.10. The highest BCUT2D eigenvalue weighted by molar-refractivity contribution is 6.29. The van der Waals surface area contributed by atoms with Crippen LogP contribution in [0.4, 0.5) is 0 Å². The monoisotopic (exact) mass is 269 g/mol. The number of rotatable bonds is 5. The van der Waals surface area contributed by atoms with Crippen LogP contribution in [0.1, 0.15) is 32.0 Å². The van der Waals surface area contributed by atoms with E-state index < -0.39 is 0 Å². The highest BCUT2D eigenvalue weighted by atomic mass is 35.5. The summed E-state index contributed by atoms with van der Waals surface area (Å²) in [6.07, 6.45) is 3.04. The number of nitrogens with one attached hydrogen (secondary N) is 1. The number of nitrogens with zero attached hydrogens (tertiary/aromatic N) is 2. The van der Waals surface area contributed by atoms with E-state index in [1.54, 1.807) is 0 Å². The molecule has 1 aromatic rings. The smallest absolute Gasteiger partial charge is 0.254 e. The summed E-state index contributed by atoms with van der Waals surface area (Å²) >= 11 is 5.74. The highest BCUT2D eigenvalue weighted by Crippen LogP contribution is 2.18. The van der Waals surface area contributed by atoms with E-state index in [0.29, 0.717) is 31.3 Å². The lowest BCUT2D eigenvalue weighted by molar-refractivity contribution is -0.121. The molecule has 0 unspecified atom stereocenters. The van der Waals surface area contributed by atoms with E-state index in [1.165, 1.54) is 10.6 Å². The first-order chi connectivity index (χ1) is 8.60. The Morgan fingerprint density at radius 1 is 1.61 bits per heavy atom. The summed E-state index contributed by atoms with van der Waals surface area (Å²) < 4.78 is 1.51. The van der Waals surface area contributed by atoms with Gasteiger partial charge in [0, 0.05) is 31.5 Å². The quantitative estimate of drug-likeness (QED) is 0.815. The summed E-state index contributed by atoms with van der Waals surface area (Å²) in [4.78, 5) is 27.4. The highest BCUT2D eigenvalue weighted by Gasteiger charge is 2.23. The summed E-state index contributed by atoms with van der Waals surface area (Å²) in [7, 11) is 0. The maximum absolute atomic E-state index is 11.8. The molecule has 1 aliphatic rings. The van der Waals surface area contributed by atoms with Crippen LogP contribution in [-0.4, -0.2) is 21.5 Å². The van der Waals surface area contributed by atoms with E-state index in [4.69, 9.17) is 11.6 Å². The first-order valence-electron chi connectivity index (χ1n) is 6.15. The molecule has 0 saturated heterocycles. The van der Waals surface area contributed by atoms with Crippen LogP contribution in [0.3, 0.4) is 0 Å². The van der Waals surface area contributed by atoms with Gasteiger partial charge in [0.1, 0.15) is 11.0 Å². The van der Waals surface area contributed by atoms with Gasteiger partial charge in [0.05, 0.1) is 0 Å². The van der Waals surface area contributed by atoms with E-state index >= 15 is 0 Å². The third-order valence-corrected chi connectivity index (χ3v) is 3.07. The van der Waals surface area contributed by atoms with Gasteiger partial charge in [-0.1, -0.05) is 18.5 Å². The predicted octanol–water partition coefficient (Wildman–Crippen LogP) is 1.13. The van der Waals surface area contributed by atoms with Crippen LogP contribution in [0, 0.1) is 0 Å². The maximum Gasteiger partial charge on any atom is 0.254 e. The number of halogens is 1. The summed E-state index contributed by atoms with van der Waals surface area (Å²) in [6.45, 7) is 2.25. The van der Waals surface area contributed by atoms with Gasteiger partial charge in [-0.15, -0.1) is 0 Å². The Morgan fingerprint density at radius 2 is 2.33 bits per heavy atom. The molecule has 98 valence electrons. The number of carbonyl (C=O) groups is 1. The minimum Gasteiger partial charge on any atom is -0.353 e. The minimum atomic E-state index is -0.203. The second-order valence-electron chi connectivity index (χ2n) is 4.43. The number of amides is 1. The van der Waals surface area contributed by atoms with Crippen LogP contribution in [0.2, 0.25) is 5.15 Å². The topological polar surface area (TPSA) is 64.0 Å². The number of hydrogen-bond donors (Lipinski definition) is 1. The van der Waals surface area contributed by atoms with Gasteiger partial charge in [0.15, 0.2) is 0 Å². The normalized spacial score (nSPS) is 14.6. The average molecular weight is 270 g/mol. The van der Waals surface area contributed by atoms with Gasteiger partial charge >= 0.3 is 0 Å².